The number of methoxy groups -OCH3 is 1. The highest BCUT2D eigenvalue weighted by Crippen LogP contribution is 2.12. The van der Waals surface area contributed by atoms with Gasteiger partial charge in [0.15, 0.2) is 0 Å². The SMILES string of the molecule is COC[C@H](C)NC(=O)Nc1ccc(Cl)cc1. The number of carbonyl (C=O) groups excluding carboxylic acids is 1. The van der Waals surface area contributed by atoms with Gasteiger partial charge in [-0.2, -0.15) is 0 Å². The van der Waals surface area contributed by atoms with E-state index in [9.17, 15) is 4.79 Å². The number of urea groups is 1. The number of nitrogens with one attached hydrogen (secondary N) is 2. The van der Waals surface area contributed by atoms with Crippen LogP contribution in [-0.2, 0) is 4.74 Å². The van der Waals surface area contributed by atoms with Crippen LogP contribution in [0.3, 0.4) is 0 Å². The molecule has 0 saturated carbocycles. The number of halogens is 1. The van der Waals surface area contributed by atoms with Crippen molar-refractivity contribution in [2.45, 2.75) is 13.0 Å². The summed E-state index contributed by atoms with van der Waals surface area (Å²) in [5, 5.41) is 6.07. The quantitative estimate of drug-likeness (QED) is 0.852. The Labute approximate surface area is 99.9 Å². The topological polar surface area (TPSA) is 50.4 Å². The van der Waals surface area contributed by atoms with Crippen LogP contribution in [0, 0.1) is 0 Å². The first kappa shape index (κ1) is 12.8. The molecule has 1 aromatic carbocycles. The molecule has 0 saturated heterocycles. The van der Waals surface area contributed by atoms with Crippen LogP contribution < -0.4 is 10.6 Å². The molecule has 16 heavy (non-hydrogen) atoms. The molecule has 0 aromatic heterocycles. The second-order valence-corrected chi connectivity index (χ2v) is 3.90. The van der Waals surface area contributed by atoms with E-state index in [1.807, 2.05) is 6.92 Å². The van der Waals surface area contributed by atoms with Crippen LogP contribution in [0.1, 0.15) is 6.92 Å². The van der Waals surface area contributed by atoms with Gasteiger partial charge >= 0.3 is 6.03 Å². The molecule has 4 nitrogen and oxygen atoms in total. The highest BCUT2D eigenvalue weighted by atomic mass is 35.5. The van der Waals surface area contributed by atoms with Crippen molar-refractivity contribution in [3.8, 4) is 0 Å². The van der Waals surface area contributed by atoms with Gasteiger partial charge in [0.1, 0.15) is 0 Å². The van der Waals surface area contributed by atoms with Gasteiger partial charge in [0.05, 0.1) is 12.6 Å². The lowest BCUT2D eigenvalue weighted by molar-refractivity contribution is 0.173. The van der Waals surface area contributed by atoms with Crippen molar-refractivity contribution in [2.75, 3.05) is 19.0 Å². The van der Waals surface area contributed by atoms with Gasteiger partial charge in [0.2, 0.25) is 0 Å². The molecule has 0 fully saturated rings. The fraction of sp³-hybridized carbons (Fsp3) is 0.364. The molecule has 5 heteroatoms. The molecule has 88 valence electrons. The van der Waals surface area contributed by atoms with E-state index in [0.717, 1.165) is 0 Å². The summed E-state index contributed by atoms with van der Waals surface area (Å²) in [6.45, 7) is 2.35. The molecule has 0 aliphatic carbocycles. The molecule has 2 amide bonds. The lowest BCUT2D eigenvalue weighted by Gasteiger charge is -2.13. The normalized spacial score (nSPS) is 11.9. The van der Waals surface area contributed by atoms with E-state index in [1.54, 1.807) is 31.4 Å². The molecule has 0 unspecified atom stereocenters. The predicted molar refractivity (Wildman–Crippen MR) is 64.9 cm³/mol. The van der Waals surface area contributed by atoms with Gasteiger partial charge in [-0.25, -0.2) is 4.79 Å². The van der Waals surface area contributed by atoms with Gasteiger partial charge < -0.3 is 15.4 Å². The minimum absolute atomic E-state index is 0.0303. The van der Waals surface area contributed by atoms with E-state index in [0.29, 0.717) is 17.3 Å². The number of amides is 2. The Balaban J connectivity index is 2.42. The molecule has 2 N–H and O–H groups in total. The highest BCUT2D eigenvalue weighted by molar-refractivity contribution is 6.30. The van der Waals surface area contributed by atoms with Crippen LogP contribution in [0.5, 0.6) is 0 Å². The Kier molecular flexibility index (Phi) is 5.08. The summed E-state index contributed by atoms with van der Waals surface area (Å²) in [7, 11) is 1.59. The van der Waals surface area contributed by atoms with E-state index < -0.39 is 0 Å². The lowest BCUT2D eigenvalue weighted by atomic mass is 10.3. The van der Waals surface area contributed by atoms with Crippen molar-refractivity contribution in [1.29, 1.82) is 0 Å². The lowest BCUT2D eigenvalue weighted by Crippen LogP contribution is -2.38. The fourth-order valence-electron chi connectivity index (χ4n) is 1.22. The van der Waals surface area contributed by atoms with Crippen LogP contribution in [0.15, 0.2) is 24.3 Å². The Bertz CT molecular complexity index is 340. The molecule has 0 aliphatic heterocycles. The molecule has 0 radical (unpaired) electrons. The number of rotatable bonds is 4. The largest absolute Gasteiger partial charge is 0.383 e. The van der Waals surface area contributed by atoms with E-state index >= 15 is 0 Å². The molecule has 0 aliphatic rings. The molecular formula is C11H15ClN2O2. The average molecular weight is 243 g/mol. The number of ether oxygens (including phenoxy) is 1. The maximum atomic E-state index is 11.5. The molecule has 0 heterocycles. The Morgan fingerprint density at radius 1 is 1.44 bits per heavy atom. The van der Waals surface area contributed by atoms with E-state index in [-0.39, 0.29) is 12.1 Å². The predicted octanol–water partition coefficient (Wildman–Crippen LogP) is 2.50. The van der Waals surface area contributed by atoms with Crippen molar-refractivity contribution in [1.82, 2.24) is 5.32 Å². The van der Waals surface area contributed by atoms with Crippen molar-refractivity contribution in [3.63, 3.8) is 0 Å². The van der Waals surface area contributed by atoms with Crippen LogP contribution in [0.4, 0.5) is 10.5 Å². The third kappa shape index (κ3) is 4.51. The number of carbonyl (C=O) groups is 1. The minimum Gasteiger partial charge on any atom is -0.383 e. The summed E-state index contributed by atoms with van der Waals surface area (Å²) in [6, 6.07) is 6.63. The van der Waals surface area contributed by atoms with Gasteiger partial charge in [-0.3, -0.25) is 0 Å². The van der Waals surface area contributed by atoms with Crippen molar-refractivity contribution in [3.05, 3.63) is 29.3 Å². The number of hydrogen-bond acceptors (Lipinski definition) is 2. The Hall–Kier alpha value is -1.26. The monoisotopic (exact) mass is 242 g/mol. The van der Waals surface area contributed by atoms with E-state index in [2.05, 4.69) is 10.6 Å². The molecule has 0 bridgehead atoms. The molecule has 1 aromatic rings. The number of anilines is 1. The second kappa shape index (κ2) is 6.35. The van der Waals surface area contributed by atoms with Crippen LogP contribution in [0.2, 0.25) is 5.02 Å². The van der Waals surface area contributed by atoms with Crippen molar-refractivity contribution < 1.29 is 9.53 Å². The third-order valence-corrected chi connectivity index (χ3v) is 2.15. The van der Waals surface area contributed by atoms with Crippen LogP contribution in [-0.4, -0.2) is 25.8 Å². The number of benzene rings is 1. The van der Waals surface area contributed by atoms with E-state index in [4.69, 9.17) is 16.3 Å². The van der Waals surface area contributed by atoms with Gasteiger partial charge in [-0.15, -0.1) is 0 Å². The number of hydrogen-bond donors (Lipinski definition) is 2. The Morgan fingerprint density at radius 2 is 2.06 bits per heavy atom. The highest BCUT2D eigenvalue weighted by Gasteiger charge is 2.06. The first-order chi connectivity index (χ1) is 7.61. The van der Waals surface area contributed by atoms with Crippen LogP contribution in [0.25, 0.3) is 0 Å². The average Bonchev–Trinajstić information content (AvgIpc) is 2.21. The van der Waals surface area contributed by atoms with Crippen molar-refractivity contribution >= 4 is 23.3 Å². The summed E-state index contributed by atoms with van der Waals surface area (Å²) in [6.07, 6.45) is 0. The minimum atomic E-state index is -0.258. The zero-order chi connectivity index (χ0) is 12.0. The standard InChI is InChI=1S/C11H15ClN2O2/c1-8(7-16-2)13-11(15)14-10-5-3-9(12)4-6-10/h3-6,8H,7H2,1-2H3,(H2,13,14,15)/t8-/m0/s1. The molecule has 1 rings (SSSR count). The summed E-state index contributed by atoms with van der Waals surface area (Å²) in [5.74, 6) is 0. The molecule has 1 atom stereocenters. The summed E-state index contributed by atoms with van der Waals surface area (Å²) in [4.78, 5) is 11.5. The summed E-state index contributed by atoms with van der Waals surface area (Å²) < 4.78 is 4.91. The van der Waals surface area contributed by atoms with Gasteiger partial charge in [-0.05, 0) is 31.2 Å². The first-order valence-electron chi connectivity index (χ1n) is 4.94. The third-order valence-electron chi connectivity index (χ3n) is 1.90. The first-order valence-corrected chi connectivity index (χ1v) is 5.31. The molecular weight excluding hydrogens is 228 g/mol. The zero-order valence-electron chi connectivity index (χ0n) is 9.29. The maximum absolute atomic E-state index is 11.5. The maximum Gasteiger partial charge on any atom is 0.319 e. The van der Waals surface area contributed by atoms with Gasteiger partial charge in [0.25, 0.3) is 0 Å². The van der Waals surface area contributed by atoms with Crippen LogP contribution >= 0.6 is 11.6 Å². The summed E-state index contributed by atoms with van der Waals surface area (Å²) in [5.41, 5.74) is 0.700. The van der Waals surface area contributed by atoms with Gasteiger partial charge in [-0.1, -0.05) is 11.6 Å². The molecule has 0 spiro atoms. The zero-order valence-corrected chi connectivity index (χ0v) is 10.0. The smallest absolute Gasteiger partial charge is 0.319 e. The Morgan fingerprint density at radius 3 is 2.62 bits per heavy atom. The van der Waals surface area contributed by atoms with Crippen molar-refractivity contribution in [2.24, 2.45) is 0 Å². The summed E-state index contributed by atoms with van der Waals surface area (Å²) >= 11 is 5.73. The van der Waals surface area contributed by atoms with E-state index in [1.165, 1.54) is 0 Å². The second-order valence-electron chi connectivity index (χ2n) is 3.46. The van der Waals surface area contributed by atoms with Gasteiger partial charge in [0, 0.05) is 17.8 Å². The fourth-order valence-corrected chi connectivity index (χ4v) is 1.34.